The van der Waals surface area contributed by atoms with Gasteiger partial charge in [-0.15, -0.1) is 0 Å². The minimum absolute atomic E-state index is 0. The van der Waals surface area contributed by atoms with Crippen LogP contribution in [0.2, 0.25) is 0 Å². The third kappa shape index (κ3) is 22.5. The van der Waals surface area contributed by atoms with Crippen molar-refractivity contribution in [3.63, 3.8) is 0 Å². The normalized spacial score (nSPS) is 8.07. The Labute approximate surface area is 89.6 Å². The van der Waals surface area contributed by atoms with Crippen molar-refractivity contribution in [3.05, 3.63) is 0 Å². The number of carboxylic acids is 2. The molecule has 0 aliphatic heterocycles. The number of hydrogen-bond acceptors (Lipinski definition) is 3. The van der Waals surface area contributed by atoms with Crippen LogP contribution in [0, 0.1) is 0 Å². The molecule has 0 aliphatic rings. The van der Waals surface area contributed by atoms with Gasteiger partial charge in [0.1, 0.15) is 6.04 Å². The number of carboxylic acid groups (broad SMARTS) is 2. The Hall–Kier alpha value is -0.741. The van der Waals surface area contributed by atoms with Gasteiger partial charge in [0.2, 0.25) is 0 Å². The summed E-state index contributed by atoms with van der Waals surface area (Å²) >= 11 is 0. The fraction of sp³-hybridized carbons (Fsp3) is 0.500. The minimum atomic E-state index is -1.29. The van der Waals surface area contributed by atoms with Crippen molar-refractivity contribution in [1.82, 2.24) is 0 Å². The van der Waals surface area contributed by atoms with Gasteiger partial charge in [-0.1, -0.05) is 0 Å². The van der Waals surface area contributed by atoms with Crippen LogP contribution in [0.25, 0.3) is 0 Å². The van der Waals surface area contributed by atoms with Crippen molar-refractivity contribution >= 4 is 11.9 Å². The standard InChI is InChI=1S/C4H7NO4.Fe.4H2O/c5-2(4(8)9)1-3(6)7;;;;;/h2H,1,5H2,(H,6,7)(H,8,9);;4*1H2. The zero-order valence-corrected chi connectivity index (χ0v) is 8.03. The Balaban J connectivity index is -0.0000000320. The quantitative estimate of drug-likeness (QED) is 0.425. The molecule has 0 fully saturated rings. The van der Waals surface area contributed by atoms with E-state index in [1.54, 1.807) is 0 Å². The summed E-state index contributed by atoms with van der Waals surface area (Å²) in [4.78, 5) is 19.6. The molecule has 0 rings (SSSR count). The molecule has 1 unspecified atom stereocenters. The van der Waals surface area contributed by atoms with Crippen LogP contribution in [0.4, 0.5) is 0 Å². The van der Waals surface area contributed by atoms with Gasteiger partial charge in [0.25, 0.3) is 0 Å². The second kappa shape index (κ2) is 18.1. The average molecular weight is 261 g/mol. The molecular formula is C4H15FeNO8. The van der Waals surface area contributed by atoms with E-state index in [-0.39, 0.29) is 39.0 Å². The molecular weight excluding hydrogens is 246 g/mol. The van der Waals surface area contributed by atoms with Gasteiger partial charge in [0, 0.05) is 17.1 Å². The van der Waals surface area contributed by atoms with E-state index < -0.39 is 24.4 Å². The molecule has 92 valence electrons. The molecule has 0 aromatic heterocycles. The number of aliphatic carboxylic acids is 2. The van der Waals surface area contributed by atoms with Gasteiger partial charge in [0.05, 0.1) is 6.42 Å². The second-order valence-corrected chi connectivity index (χ2v) is 1.54. The van der Waals surface area contributed by atoms with Crippen molar-refractivity contribution in [2.24, 2.45) is 5.73 Å². The molecule has 0 aromatic rings. The zero-order valence-electron chi connectivity index (χ0n) is 6.93. The van der Waals surface area contributed by atoms with Gasteiger partial charge in [-0.25, -0.2) is 0 Å². The number of rotatable bonds is 3. The maximum absolute atomic E-state index is 9.85. The third-order valence-electron chi connectivity index (χ3n) is 0.712. The molecule has 0 amide bonds. The summed E-state index contributed by atoms with van der Waals surface area (Å²) in [6, 6.07) is -1.29. The molecule has 0 bridgehead atoms. The van der Waals surface area contributed by atoms with Gasteiger partial charge in [0.15, 0.2) is 0 Å². The largest absolute Gasteiger partial charge is 0.481 e. The summed E-state index contributed by atoms with van der Waals surface area (Å²) in [6.07, 6.45) is -0.532. The molecule has 0 aliphatic carbocycles. The smallest absolute Gasteiger partial charge is 0.321 e. The fourth-order valence-corrected chi connectivity index (χ4v) is 0.275. The number of hydrogen-bond donors (Lipinski definition) is 3. The monoisotopic (exact) mass is 261 g/mol. The molecule has 12 N–H and O–H groups in total. The first kappa shape index (κ1) is 37.8. The molecule has 0 spiro atoms. The molecule has 0 heterocycles. The van der Waals surface area contributed by atoms with E-state index in [1.165, 1.54) is 0 Å². The zero-order chi connectivity index (χ0) is 7.44. The third-order valence-corrected chi connectivity index (χ3v) is 0.712. The predicted molar refractivity (Wildman–Crippen MR) is 42.3 cm³/mol. The van der Waals surface area contributed by atoms with Gasteiger partial charge >= 0.3 is 11.9 Å². The summed E-state index contributed by atoms with van der Waals surface area (Å²) in [5.41, 5.74) is 4.84. The number of carbonyl (C=O) groups is 2. The van der Waals surface area contributed by atoms with Crippen LogP contribution < -0.4 is 5.73 Å². The summed E-state index contributed by atoms with van der Waals surface area (Å²) in [5, 5.41) is 16.0. The van der Waals surface area contributed by atoms with Crippen molar-refractivity contribution < 1.29 is 58.8 Å². The Bertz CT molecular complexity index is 141. The van der Waals surface area contributed by atoms with Crippen molar-refractivity contribution in [1.29, 1.82) is 0 Å². The van der Waals surface area contributed by atoms with Crippen LogP contribution in [-0.4, -0.2) is 50.1 Å². The maximum atomic E-state index is 9.85. The first-order valence-corrected chi connectivity index (χ1v) is 2.24. The van der Waals surface area contributed by atoms with Crippen molar-refractivity contribution in [2.75, 3.05) is 0 Å². The van der Waals surface area contributed by atoms with Crippen LogP contribution in [0.1, 0.15) is 6.42 Å². The van der Waals surface area contributed by atoms with Crippen LogP contribution in [0.3, 0.4) is 0 Å². The topological polar surface area (TPSA) is 227 Å². The summed E-state index contributed by atoms with van der Waals surface area (Å²) < 4.78 is 0. The van der Waals surface area contributed by atoms with Crippen LogP contribution in [0.5, 0.6) is 0 Å². The van der Waals surface area contributed by atoms with Crippen molar-refractivity contribution in [2.45, 2.75) is 12.5 Å². The summed E-state index contributed by atoms with van der Waals surface area (Å²) in [6.45, 7) is 0. The molecule has 0 saturated heterocycles. The van der Waals surface area contributed by atoms with E-state index in [0.717, 1.165) is 0 Å². The van der Waals surface area contributed by atoms with Gasteiger partial charge in [-0.3, -0.25) is 9.59 Å². The molecule has 10 heteroatoms. The van der Waals surface area contributed by atoms with Crippen LogP contribution >= 0.6 is 0 Å². The van der Waals surface area contributed by atoms with E-state index in [9.17, 15) is 9.59 Å². The van der Waals surface area contributed by atoms with Crippen molar-refractivity contribution in [3.8, 4) is 0 Å². The Morgan fingerprint density at radius 1 is 1.07 bits per heavy atom. The van der Waals surface area contributed by atoms with Gasteiger partial charge in [-0.2, -0.15) is 0 Å². The number of nitrogens with two attached hydrogens (primary N) is 1. The van der Waals surface area contributed by atoms with Gasteiger partial charge in [-0.05, 0) is 0 Å². The molecule has 14 heavy (non-hydrogen) atoms. The Morgan fingerprint density at radius 2 is 1.36 bits per heavy atom. The molecule has 0 radical (unpaired) electrons. The second-order valence-electron chi connectivity index (χ2n) is 1.54. The molecule has 1 atom stereocenters. The van der Waals surface area contributed by atoms with E-state index in [4.69, 9.17) is 15.9 Å². The fourth-order valence-electron chi connectivity index (χ4n) is 0.275. The molecule has 0 saturated carbocycles. The van der Waals surface area contributed by atoms with E-state index in [1.807, 2.05) is 0 Å². The Morgan fingerprint density at radius 3 is 1.43 bits per heavy atom. The first-order valence-electron chi connectivity index (χ1n) is 2.24. The molecule has 9 nitrogen and oxygen atoms in total. The predicted octanol–water partition coefficient (Wildman–Crippen LogP) is -4.43. The SMILES string of the molecule is NC(CC(=O)O)C(=O)O.O.O.O.O.[Fe]. The summed E-state index contributed by atoms with van der Waals surface area (Å²) in [5.74, 6) is -2.50. The maximum Gasteiger partial charge on any atom is 0.321 e. The van der Waals surface area contributed by atoms with E-state index in [2.05, 4.69) is 0 Å². The van der Waals surface area contributed by atoms with Crippen LogP contribution in [0.15, 0.2) is 0 Å². The summed E-state index contributed by atoms with van der Waals surface area (Å²) in [7, 11) is 0. The first-order chi connectivity index (χ1) is 4.04. The van der Waals surface area contributed by atoms with E-state index in [0.29, 0.717) is 0 Å². The molecule has 0 aromatic carbocycles. The minimum Gasteiger partial charge on any atom is -0.481 e. The van der Waals surface area contributed by atoms with Crippen LogP contribution in [-0.2, 0) is 26.7 Å². The van der Waals surface area contributed by atoms with E-state index >= 15 is 0 Å². The van der Waals surface area contributed by atoms with Gasteiger partial charge < -0.3 is 37.9 Å². The average Bonchev–Trinajstić information content (AvgIpc) is 1.63. The Kier molecular flexibility index (Phi) is 49.0.